The summed E-state index contributed by atoms with van der Waals surface area (Å²) >= 11 is 0. The molecule has 0 aliphatic heterocycles. The third-order valence-corrected chi connectivity index (χ3v) is 4.70. The fraction of sp³-hybridized carbons (Fsp3) is 0.368. The molecule has 4 rings (SSSR count). The summed E-state index contributed by atoms with van der Waals surface area (Å²) in [5.41, 5.74) is 2.47. The van der Waals surface area contributed by atoms with Gasteiger partial charge >= 0.3 is 0 Å². The zero-order valence-corrected chi connectivity index (χ0v) is 14.2. The fourth-order valence-electron chi connectivity index (χ4n) is 3.40. The molecule has 2 aromatic heterocycles. The van der Waals surface area contributed by atoms with Crippen LogP contribution in [0.2, 0.25) is 0 Å². The number of nitrogens with one attached hydrogen (secondary N) is 1. The van der Waals surface area contributed by atoms with E-state index in [0.717, 1.165) is 23.9 Å². The van der Waals surface area contributed by atoms with E-state index in [2.05, 4.69) is 15.3 Å². The second kappa shape index (κ2) is 6.70. The van der Waals surface area contributed by atoms with Crippen molar-refractivity contribution in [1.29, 1.82) is 0 Å². The molecule has 6 heteroatoms. The van der Waals surface area contributed by atoms with E-state index in [1.807, 2.05) is 23.9 Å². The SMILES string of the molecule is Cn1ccc2ncnc(Nc3ccc(F)cc3OC3CCCCC3)c21. The number of nitrogens with zero attached hydrogens (tertiary/aromatic N) is 3. The molecule has 2 heterocycles. The summed E-state index contributed by atoms with van der Waals surface area (Å²) in [6.45, 7) is 0. The van der Waals surface area contributed by atoms with Crippen LogP contribution in [0.3, 0.4) is 0 Å². The number of ether oxygens (including phenoxy) is 1. The summed E-state index contributed by atoms with van der Waals surface area (Å²) in [5.74, 6) is 0.911. The molecule has 0 radical (unpaired) electrons. The van der Waals surface area contributed by atoms with Gasteiger partial charge in [0.25, 0.3) is 0 Å². The van der Waals surface area contributed by atoms with Crippen LogP contribution in [0.25, 0.3) is 11.0 Å². The molecule has 0 amide bonds. The van der Waals surface area contributed by atoms with Gasteiger partial charge in [0.05, 0.1) is 17.3 Å². The Labute approximate surface area is 145 Å². The molecule has 5 nitrogen and oxygen atoms in total. The number of halogens is 1. The number of aromatic nitrogens is 3. The number of rotatable bonds is 4. The molecule has 1 N–H and O–H groups in total. The Hall–Kier alpha value is -2.63. The normalized spacial score (nSPS) is 15.4. The van der Waals surface area contributed by atoms with Crippen molar-refractivity contribution in [3.63, 3.8) is 0 Å². The highest BCUT2D eigenvalue weighted by Crippen LogP contribution is 2.33. The van der Waals surface area contributed by atoms with E-state index < -0.39 is 0 Å². The van der Waals surface area contributed by atoms with E-state index in [1.54, 1.807) is 6.07 Å². The Balaban J connectivity index is 1.66. The van der Waals surface area contributed by atoms with E-state index >= 15 is 0 Å². The van der Waals surface area contributed by atoms with E-state index in [-0.39, 0.29) is 11.9 Å². The Kier molecular flexibility index (Phi) is 4.26. The Bertz CT molecular complexity index is 886. The minimum Gasteiger partial charge on any atom is -0.488 e. The summed E-state index contributed by atoms with van der Waals surface area (Å²) in [6, 6.07) is 6.51. The van der Waals surface area contributed by atoms with Gasteiger partial charge in [-0.3, -0.25) is 0 Å². The van der Waals surface area contributed by atoms with Crippen molar-refractivity contribution in [2.24, 2.45) is 7.05 Å². The Morgan fingerprint density at radius 3 is 2.84 bits per heavy atom. The predicted molar refractivity (Wildman–Crippen MR) is 95.7 cm³/mol. The lowest BCUT2D eigenvalue weighted by Gasteiger charge is -2.24. The Morgan fingerprint density at radius 2 is 2.00 bits per heavy atom. The summed E-state index contributed by atoms with van der Waals surface area (Å²) in [6.07, 6.45) is 9.23. The molecule has 0 saturated heterocycles. The lowest BCUT2D eigenvalue weighted by Crippen LogP contribution is -2.20. The highest BCUT2D eigenvalue weighted by atomic mass is 19.1. The lowest BCUT2D eigenvalue weighted by molar-refractivity contribution is 0.155. The highest BCUT2D eigenvalue weighted by molar-refractivity contribution is 5.88. The van der Waals surface area contributed by atoms with Gasteiger partial charge in [0.1, 0.15) is 23.4 Å². The summed E-state index contributed by atoms with van der Waals surface area (Å²) in [7, 11) is 1.95. The van der Waals surface area contributed by atoms with Crippen molar-refractivity contribution < 1.29 is 9.13 Å². The lowest BCUT2D eigenvalue weighted by atomic mass is 9.98. The van der Waals surface area contributed by atoms with Crippen LogP contribution in [0.5, 0.6) is 5.75 Å². The van der Waals surface area contributed by atoms with Crippen molar-refractivity contribution in [3.05, 3.63) is 42.6 Å². The molecule has 1 saturated carbocycles. The second-order valence-electron chi connectivity index (χ2n) is 6.53. The number of hydrogen-bond acceptors (Lipinski definition) is 4. The molecule has 0 spiro atoms. The first-order valence-electron chi connectivity index (χ1n) is 8.70. The smallest absolute Gasteiger partial charge is 0.158 e. The third-order valence-electron chi connectivity index (χ3n) is 4.70. The maximum Gasteiger partial charge on any atom is 0.158 e. The van der Waals surface area contributed by atoms with Gasteiger partial charge in [-0.1, -0.05) is 6.42 Å². The van der Waals surface area contributed by atoms with Gasteiger partial charge in [0, 0.05) is 19.3 Å². The molecular formula is C19H21FN4O. The minimum absolute atomic E-state index is 0.150. The van der Waals surface area contributed by atoms with E-state index in [0.29, 0.717) is 17.3 Å². The van der Waals surface area contributed by atoms with Crippen molar-refractivity contribution in [2.45, 2.75) is 38.2 Å². The zero-order chi connectivity index (χ0) is 17.2. The van der Waals surface area contributed by atoms with Gasteiger partial charge in [-0.25, -0.2) is 14.4 Å². The molecule has 130 valence electrons. The molecule has 3 aromatic rings. The van der Waals surface area contributed by atoms with Crippen LogP contribution < -0.4 is 10.1 Å². The van der Waals surface area contributed by atoms with Crippen molar-refractivity contribution in [3.8, 4) is 5.75 Å². The topological polar surface area (TPSA) is 52.0 Å². The van der Waals surface area contributed by atoms with E-state index in [4.69, 9.17) is 4.74 Å². The van der Waals surface area contributed by atoms with Gasteiger partial charge in [-0.05, 0) is 43.9 Å². The molecule has 1 fully saturated rings. The monoisotopic (exact) mass is 340 g/mol. The summed E-state index contributed by atoms with van der Waals surface area (Å²) < 4.78 is 21.8. The summed E-state index contributed by atoms with van der Waals surface area (Å²) in [5, 5.41) is 3.30. The van der Waals surface area contributed by atoms with Gasteiger partial charge in [0.2, 0.25) is 0 Å². The first-order chi connectivity index (χ1) is 12.2. The maximum absolute atomic E-state index is 13.8. The average Bonchev–Trinajstić information content (AvgIpc) is 3.00. The van der Waals surface area contributed by atoms with Gasteiger partial charge < -0.3 is 14.6 Å². The molecule has 0 bridgehead atoms. The van der Waals surface area contributed by atoms with Crippen LogP contribution in [0.1, 0.15) is 32.1 Å². The first kappa shape index (κ1) is 15.9. The first-order valence-corrected chi connectivity index (χ1v) is 8.70. The quantitative estimate of drug-likeness (QED) is 0.756. The molecular weight excluding hydrogens is 319 g/mol. The molecule has 1 aliphatic rings. The minimum atomic E-state index is -0.303. The van der Waals surface area contributed by atoms with Crippen molar-refractivity contribution in [2.75, 3.05) is 5.32 Å². The molecule has 1 aliphatic carbocycles. The Morgan fingerprint density at radius 1 is 1.16 bits per heavy atom. The molecule has 1 aromatic carbocycles. The van der Waals surface area contributed by atoms with Gasteiger partial charge in [0.15, 0.2) is 5.82 Å². The van der Waals surface area contributed by atoms with Crippen molar-refractivity contribution in [1.82, 2.24) is 14.5 Å². The van der Waals surface area contributed by atoms with Crippen LogP contribution in [-0.4, -0.2) is 20.6 Å². The molecule has 0 atom stereocenters. The maximum atomic E-state index is 13.8. The molecule has 0 unspecified atom stereocenters. The summed E-state index contributed by atoms with van der Waals surface area (Å²) in [4.78, 5) is 8.62. The fourth-order valence-corrected chi connectivity index (χ4v) is 3.40. The van der Waals surface area contributed by atoms with Crippen LogP contribution in [0.15, 0.2) is 36.8 Å². The van der Waals surface area contributed by atoms with Crippen LogP contribution in [0, 0.1) is 5.82 Å². The second-order valence-corrected chi connectivity index (χ2v) is 6.53. The predicted octanol–water partition coefficient (Wildman–Crippen LogP) is 4.56. The highest BCUT2D eigenvalue weighted by Gasteiger charge is 2.18. The van der Waals surface area contributed by atoms with Gasteiger partial charge in [-0.15, -0.1) is 0 Å². The van der Waals surface area contributed by atoms with Crippen LogP contribution in [-0.2, 0) is 7.05 Å². The zero-order valence-electron chi connectivity index (χ0n) is 14.2. The number of fused-ring (bicyclic) bond motifs is 1. The van der Waals surface area contributed by atoms with Crippen LogP contribution >= 0.6 is 0 Å². The van der Waals surface area contributed by atoms with E-state index in [1.165, 1.54) is 37.7 Å². The van der Waals surface area contributed by atoms with Gasteiger partial charge in [-0.2, -0.15) is 0 Å². The van der Waals surface area contributed by atoms with E-state index in [9.17, 15) is 4.39 Å². The molecule has 25 heavy (non-hydrogen) atoms. The number of aryl methyl sites for hydroxylation is 1. The standard InChI is InChI=1S/C19H21FN4O/c1-24-10-9-16-18(24)19(22-12-21-16)23-15-8-7-13(20)11-17(15)25-14-5-3-2-4-6-14/h7-12,14H,2-6H2,1H3,(H,21,22,23). The number of benzene rings is 1. The van der Waals surface area contributed by atoms with Crippen molar-refractivity contribution >= 4 is 22.5 Å². The number of anilines is 2. The van der Waals surface area contributed by atoms with Crippen LogP contribution in [0.4, 0.5) is 15.9 Å². The third kappa shape index (κ3) is 3.29. The number of hydrogen-bond donors (Lipinski definition) is 1. The largest absolute Gasteiger partial charge is 0.488 e. The average molecular weight is 340 g/mol.